The first-order valence-corrected chi connectivity index (χ1v) is 10.3. The van der Waals surface area contributed by atoms with Gasteiger partial charge in [-0.2, -0.15) is 0 Å². The van der Waals surface area contributed by atoms with Crippen molar-refractivity contribution in [3.05, 3.63) is 71.8 Å². The molecule has 0 spiro atoms. The summed E-state index contributed by atoms with van der Waals surface area (Å²) in [6.07, 6.45) is -0.336. The molecule has 0 saturated heterocycles. The first-order valence-electron chi connectivity index (χ1n) is 10.3. The number of nitrogens with zero attached hydrogens (tertiary/aromatic N) is 1. The van der Waals surface area contributed by atoms with Gasteiger partial charge in [0.1, 0.15) is 5.75 Å². The molecule has 160 valence electrons. The summed E-state index contributed by atoms with van der Waals surface area (Å²) in [4.78, 5) is 38.8. The van der Waals surface area contributed by atoms with Gasteiger partial charge in [-0.1, -0.05) is 43.0 Å². The van der Waals surface area contributed by atoms with E-state index in [-0.39, 0.29) is 30.8 Å². The molecule has 0 aliphatic carbocycles. The number of hydrogen-bond acceptors (Lipinski definition) is 5. The van der Waals surface area contributed by atoms with Crippen molar-refractivity contribution in [2.75, 3.05) is 13.2 Å². The minimum atomic E-state index is -0.947. The van der Waals surface area contributed by atoms with Gasteiger partial charge in [0.25, 0.3) is 11.8 Å². The molecule has 4 rings (SSSR count). The lowest BCUT2D eigenvalue weighted by molar-refractivity contribution is -0.155. The Morgan fingerprint density at radius 1 is 1.19 bits per heavy atom. The fourth-order valence-electron chi connectivity index (χ4n) is 3.86. The summed E-state index contributed by atoms with van der Waals surface area (Å²) in [5.74, 6) is -0.353. The highest BCUT2D eigenvalue weighted by atomic mass is 16.5. The third kappa shape index (κ3) is 4.17. The van der Waals surface area contributed by atoms with E-state index in [1.807, 2.05) is 36.4 Å². The van der Waals surface area contributed by atoms with Crippen molar-refractivity contribution in [3.63, 3.8) is 0 Å². The average Bonchev–Trinajstić information content (AvgIpc) is 3.02. The highest BCUT2D eigenvalue weighted by Crippen LogP contribution is 2.32. The summed E-state index contributed by atoms with van der Waals surface area (Å²) < 4.78 is 10.9. The second-order valence-electron chi connectivity index (χ2n) is 7.57. The number of esters is 1. The standard InChI is InChI=1S/C24H24N2O5/c1-15-17-7-3-4-8-18(17)24(29)26(15)13-11-22(27)31-16(2)23(28)25-20-12-14-30-21-10-6-5-9-19(20)21/h3-10,16,20H,1,11-14H2,2H3,(H,25,28). The second kappa shape index (κ2) is 8.63. The molecule has 0 saturated carbocycles. The highest BCUT2D eigenvalue weighted by molar-refractivity contribution is 6.08. The summed E-state index contributed by atoms with van der Waals surface area (Å²) >= 11 is 0. The van der Waals surface area contributed by atoms with Crippen molar-refractivity contribution in [2.45, 2.75) is 31.9 Å². The monoisotopic (exact) mass is 420 g/mol. The van der Waals surface area contributed by atoms with Gasteiger partial charge in [0, 0.05) is 35.4 Å². The zero-order valence-corrected chi connectivity index (χ0v) is 17.3. The Morgan fingerprint density at radius 2 is 1.90 bits per heavy atom. The molecule has 2 aromatic carbocycles. The van der Waals surface area contributed by atoms with E-state index in [1.54, 1.807) is 12.1 Å². The summed E-state index contributed by atoms with van der Waals surface area (Å²) in [7, 11) is 0. The smallest absolute Gasteiger partial charge is 0.308 e. The number of benzene rings is 2. The van der Waals surface area contributed by atoms with Crippen LogP contribution in [0.5, 0.6) is 5.75 Å². The van der Waals surface area contributed by atoms with Gasteiger partial charge in [-0.05, 0) is 19.1 Å². The molecule has 31 heavy (non-hydrogen) atoms. The van der Waals surface area contributed by atoms with Crippen LogP contribution in [0.15, 0.2) is 55.1 Å². The topological polar surface area (TPSA) is 84.9 Å². The number of para-hydroxylation sites is 1. The van der Waals surface area contributed by atoms with Crippen LogP contribution in [0.1, 0.15) is 47.3 Å². The first-order chi connectivity index (χ1) is 15.0. The lowest BCUT2D eigenvalue weighted by atomic mass is 10.0. The van der Waals surface area contributed by atoms with E-state index in [2.05, 4.69) is 11.9 Å². The molecule has 2 amide bonds. The van der Waals surface area contributed by atoms with Crippen LogP contribution in [0.3, 0.4) is 0 Å². The van der Waals surface area contributed by atoms with Gasteiger partial charge in [0.05, 0.1) is 19.1 Å². The largest absolute Gasteiger partial charge is 0.493 e. The Morgan fingerprint density at radius 3 is 2.68 bits per heavy atom. The van der Waals surface area contributed by atoms with Gasteiger partial charge >= 0.3 is 5.97 Å². The molecular formula is C24H24N2O5. The maximum atomic E-state index is 12.6. The molecule has 0 radical (unpaired) electrons. The van der Waals surface area contributed by atoms with E-state index >= 15 is 0 Å². The maximum absolute atomic E-state index is 12.6. The SMILES string of the molecule is C=C1c2ccccc2C(=O)N1CCC(=O)OC(C)C(=O)NC1CCOc2ccccc21. The van der Waals surface area contributed by atoms with E-state index in [1.165, 1.54) is 11.8 Å². The second-order valence-corrected chi connectivity index (χ2v) is 7.57. The minimum absolute atomic E-state index is 0.0313. The summed E-state index contributed by atoms with van der Waals surface area (Å²) in [6, 6.07) is 14.6. The fraction of sp³-hybridized carbons (Fsp3) is 0.292. The van der Waals surface area contributed by atoms with E-state index in [0.29, 0.717) is 24.3 Å². The summed E-state index contributed by atoms with van der Waals surface area (Å²) in [5, 5.41) is 2.93. The Balaban J connectivity index is 1.29. The van der Waals surface area contributed by atoms with Gasteiger partial charge in [0.2, 0.25) is 0 Å². The van der Waals surface area contributed by atoms with Crippen LogP contribution in [0.2, 0.25) is 0 Å². The molecule has 7 nitrogen and oxygen atoms in total. The van der Waals surface area contributed by atoms with Crippen molar-refractivity contribution in [2.24, 2.45) is 0 Å². The van der Waals surface area contributed by atoms with Crippen LogP contribution in [-0.4, -0.2) is 41.9 Å². The summed E-state index contributed by atoms with van der Waals surface area (Å²) in [6.45, 7) is 6.14. The van der Waals surface area contributed by atoms with Crippen LogP contribution < -0.4 is 10.1 Å². The van der Waals surface area contributed by atoms with Crippen molar-refractivity contribution in [3.8, 4) is 5.75 Å². The van der Waals surface area contributed by atoms with Crippen LogP contribution in [0.25, 0.3) is 5.70 Å². The molecule has 0 bridgehead atoms. The number of rotatable bonds is 6. The van der Waals surface area contributed by atoms with E-state index < -0.39 is 12.1 Å². The molecule has 2 aliphatic rings. The lowest BCUT2D eigenvalue weighted by Gasteiger charge is -2.27. The molecule has 0 fully saturated rings. The van der Waals surface area contributed by atoms with Crippen molar-refractivity contribution in [1.82, 2.24) is 10.2 Å². The molecule has 2 aromatic rings. The first kappa shape index (κ1) is 20.7. The molecule has 1 N–H and O–H groups in total. The van der Waals surface area contributed by atoms with Gasteiger partial charge in [-0.15, -0.1) is 0 Å². The number of fused-ring (bicyclic) bond motifs is 2. The van der Waals surface area contributed by atoms with Crippen LogP contribution >= 0.6 is 0 Å². The molecular weight excluding hydrogens is 396 g/mol. The number of nitrogens with one attached hydrogen (secondary N) is 1. The molecule has 7 heteroatoms. The number of ether oxygens (including phenoxy) is 2. The number of amides is 2. The Bertz CT molecular complexity index is 1010. The van der Waals surface area contributed by atoms with Gasteiger partial charge < -0.3 is 19.7 Å². The van der Waals surface area contributed by atoms with E-state index in [0.717, 1.165) is 16.9 Å². The zero-order valence-electron chi connectivity index (χ0n) is 17.3. The molecule has 2 unspecified atom stereocenters. The molecule has 2 aliphatic heterocycles. The average molecular weight is 420 g/mol. The Hall–Kier alpha value is -3.61. The van der Waals surface area contributed by atoms with Gasteiger partial charge in [-0.3, -0.25) is 14.4 Å². The van der Waals surface area contributed by atoms with E-state index in [9.17, 15) is 14.4 Å². The third-order valence-electron chi connectivity index (χ3n) is 5.53. The highest BCUT2D eigenvalue weighted by Gasteiger charge is 2.31. The zero-order chi connectivity index (χ0) is 22.0. The van der Waals surface area contributed by atoms with Crippen LogP contribution in [0, 0.1) is 0 Å². The van der Waals surface area contributed by atoms with Crippen LogP contribution in [-0.2, 0) is 14.3 Å². The molecule has 2 heterocycles. The maximum Gasteiger partial charge on any atom is 0.308 e. The normalized spacial score (nSPS) is 18.0. The van der Waals surface area contributed by atoms with Gasteiger partial charge in [-0.25, -0.2) is 0 Å². The van der Waals surface area contributed by atoms with Gasteiger partial charge in [0.15, 0.2) is 6.10 Å². The Labute approximate surface area is 180 Å². The van der Waals surface area contributed by atoms with Crippen molar-refractivity contribution >= 4 is 23.5 Å². The van der Waals surface area contributed by atoms with Crippen LogP contribution in [0.4, 0.5) is 0 Å². The summed E-state index contributed by atoms with van der Waals surface area (Å²) in [5.41, 5.74) is 2.82. The predicted octanol–water partition coefficient (Wildman–Crippen LogP) is 3.07. The molecule has 0 aromatic heterocycles. The third-order valence-corrected chi connectivity index (χ3v) is 5.53. The lowest BCUT2D eigenvalue weighted by Crippen LogP contribution is -2.40. The number of hydrogen-bond donors (Lipinski definition) is 1. The van der Waals surface area contributed by atoms with E-state index in [4.69, 9.17) is 9.47 Å². The number of carbonyl (C=O) groups is 3. The fourth-order valence-corrected chi connectivity index (χ4v) is 3.86. The number of carbonyl (C=O) groups excluding carboxylic acids is 3. The molecule has 2 atom stereocenters. The minimum Gasteiger partial charge on any atom is -0.493 e. The quantitative estimate of drug-likeness (QED) is 0.726. The van der Waals surface area contributed by atoms with Crippen molar-refractivity contribution < 1.29 is 23.9 Å². The van der Waals surface area contributed by atoms with Crippen molar-refractivity contribution in [1.29, 1.82) is 0 Å². The Kier molecular flexibility index (Phi) is 5.75. The predicted molar refractivity (Wildman–Crippen MR) is 114 cm³/mol.